The van der Waals surface area contributed by atoms with Crippen LogP contribution < -0.4 is 10.6 Å². The van der Waals surface area contributed by atoms with Gasteiger partial charge in [0.05, 0.1) is 28.4 Å². The second-order valence-electron chi connectivity index (χ2n) is 8.38. The number of carbonyl (C=O) groups is 1. The Kier molecular flexibility index (Phi) is 5.90. The zero-order valence-corrected chi connectivity index (χ0v) is 20.6. The summed E-state index contributed by atoms with van der Waals surface area (Å²) < 4.78 is 16.0. The minimum Gasteiger partial charge on any atom is -0.392 e. The molecule has 0 amide bonds. The molecule has 3 aromatic carbocycles. The van der Waals surface area contributed by atoms with Crippen LogP contribution in [-0.2, 0) is 4.79 Å². The molecule has 0 radical (unpaired) electrons. The van der Waals surface area contributed by atoms with Crippen molar-refractivity contribution in [1.29, 1.82) is 5.26 Å². The van der Waals surface area contributed by atoms with E-state index in [0.717, 1.165) is 27.5 Å². The number of nitriles is 1. The number of aryl methyl sites for hydroxylation is 1. The van der Waals surface area contributed by atoms with Crippen LogP contribution in [0.15, 0.2) is 79.4 Å². The van der Waals surface area contributed by atoms with Crippen molar-refractivity contribution in [3.8, 4) is 17.7 Å². The molecule has 0 N–H and O–H groups in total. The highest BCUT2D eigenvalue weighted by Crippen LogP contribution is 2.40. The van der Waals surface area contributed by atoms with Gasteiger partial charge in [-0.25, -0.2) is 9.78 Å². The van der Waals surface area contributed by atoms with Crippen LogP contribution in [0.5, 0.6) is 5.95 Å². The van der Waals surface area contributed by atoms with E-state index in [1.165, 1.54) is 18.7 Å². The maximum absolute atomic E-state index is 13.3. The average Bonchev–Trinajstić information content (AvgIpc) is 3.40. The van der Waals surface area contributed by atoms with Gasteiger partial charge in [0.1, 0.15) is 4.75 Å². The van der Waals surface area contributed by atoms with E-state index in [0.29, 0.717) is 17.1 Å². The van der Waals surface area contributed by atoms with Crippen molar-refractivity contribution in [3.63, 3.8) is 0 Å². The molecule has 5 aromatic rings. The Morgan fingerprint density at radius 2 is 1.83 bits per heavy atom. The summed E-state index contributed by atoms with van der Waals surface area (Å²) in [5, 5.41) is 11.9. The van der Waals surface area contributed by atoms with E-state index in [1.54, 1.807) is 13.0 Å². The van der Waals surface area contributed by atoms with Crippen molar-refractivity contribution in [2.24, 2.45) is 0 Å². The maximum atomic E-state index is 13.3. The lowest BCUT2D eigenvalue weighted by atomic mass is 10.0. The van der Waals surface area contributed by atoms with E-state index in [4.69, 9.17) is 18.6 Å². The highest BCUT2D eigenvalue weighted by molar-refractivity contribution is 8.01. The van der Waals surface area contributed by atoms with Gasteiger partial charge in [0, 0.05) is 17.7 Å². The first-order chi connectivity index (χ1) is 17.3. The Morgan fingerprint density at radius 1 is 1.11 bits per heavy atom. The number of benzene rings is 3. The van der Waals surface area contributed by atoms with Crippen molar-refractivity contribution >= 4 is 39.5 Å². The lowest BCUT2D eigenvalue weighted by molar-refractivity contribution is -0.138. The molecule has 0 saturated heterocycles. The van der Waals surface area contributed by atoms with Crippen molar-refractivity contribution < 1.29 is 18.4 Å². The molecule has 5 rings (SSSR count). The van der Waals surface area contributed by atoms with Gasteiger partial charge in [-0.2, -0.15) is 5.26 Å². The Balaban J connectivity index is 1.65. The molecule has 180 valence electrons. The first kappa shape index (κ1) is 23.5. The zero-order valence-electron chi connectivity index (χ0n) is 19.8. The first-order valence-electron chi connectivity index (χ1n) is 11.3. The molecular weight excluding hydrogens is 478 g/mol. The number of hydrogen-bond acceptors (Lipinski definition) is 8. The van der Waals surface area contributed by atoms with Gasteiger partial charge in [0.25, 0.3) is 0 Å². The van der Waals surface area contributed by atoms with Gasteiger partial charge in [0.2, 0.25) is 0 Å². The first-order valence-corrected chi connectivity index (χ1v) is 12.1. The fourth-order valence-corrected chi connectivity index (χ4v) is 5.06. The quantitative estimate of drug-likeness (QED) is 0.214. The molecule has 36 heavy (non-hydrogen) atoms. The second-order valence-corrected chi connectivity index (χ2v) is 9.85. The number of thioether (sulfide) groups is 1. The number of fused-ring (bicyclic) bond motifs is 2. The summed E-state index contributed by atoms with van der Waals surface area (Å²) in [6.45, 7) is 5.12. The standard InChI is InChI=1S/C27H21N3O5S/c1-4-27(3,24(31)34-23-16(2)33-26(32)35-23)36-25-29-20-11-7-8-12-22(20)30(25)21-14-13-17(15-28)18-9-5-6-10-19(18)21/h5-14H,4H2,1-3H3. The summed E-state index contributed by atoms with van der Waals surface area (Å²) in [7, 11) is 0. The van der Waals surface area contributed by atoms with Gasteiger partial charge in [0.15, 0.2) is 10.9 Å². The van der Waals surface area contributed by atoms with Gasteiger partial charge in [-0.05, 0) is 37.6 Å². The Morgan fingerprint density at radius 3 is 2.53 bits per heavy atom. The van der Waals surface area contributed by atoms with Crippen molar-refractivity contribution in [2.45, 2.75) is 37.1 Å². The summed E-state index contributed by atoms with van der Waals surface area (Å²) in [5.41, 5.74) is 3.03. The third-order valence-electron chi connectivity index (χ3n) is 6.10. The summed E-state index contributed by atoms with van der Waals surface area (Å²) in [4.78, 5) is 29.5. The van der Waals surface area contributed by atoms with Crippen LogP contribution >= 0.6 is 11.8 Å². The molecule has 0 fully saturated rings. The predicted molar refractivity (Wildman–Crippen MR) is 135 cm³/mol. The zero-order chi connectivity index (χ0) is 25.4. The average molecular weight is 500 g/mol. The van der Waals surface area contributed by atoms with Crippen LogP contribution in [0.1, 0.15) is 31.6 Å². The molecular formula is C27H21N3O5S. The monoisotopic (exact) mass is 499 g/mol. The van der Waals surface area contributed by atoms with Crippen LogP contribution in [0.25, 0.3) is 27.5 Å². The highest BCUT2D eigenvalue weighted by atomic mass is 32.2. The van der Waals surface area contributed by atoms with Gasteiger partial charge in [-0.3, -0.25) is 9.36 Å². The van der Waals surface area contributed by atoms with Crippen LogP contribution in [0, 0.1) is 18.3 Å². The van der Waals surface area contributed by atoms with E-state index in [2.05, 4.69) is 6.07 Å². The number of hydrogen-bond donors (Lipinski definition) is 0. The van der Waals surface area contributed by atoms with Crippen molar-refractivity contribution in [3.05, 3.63) is 82.6 Å². The number of imidazole rings is 1. The van der Waals surface area contributed by atoms with Gasteiger partial charge < -0.3 is 13.6 Å². The van der Waals surface area contributed by atoms with Gasteiger partial charge in [-0.1, -0.05) is 55.1 Å². The molecule has 2 aromatic heterocycles. The summed E-state index contributed by atoms with van der Waals surface area (Å²) in [5.74, 6) is -1.69. The third kappa shape index (κ3) is 3.95. The fourth-order valence-electron chi connectivity index (χ4n) is 3.96. The second kappa shape index (κ2) is 9.06. The van der Waals surface area contributed by atoms with Crippen LogP contribution in [-0.4, -0.2) is 20.3 Å². The van der Waals surface area contributed by atoms with Crippen LogP contribution in [0.3, 0.4) is 0 Å². The SMILES string of the molecule is CCC(C)(Sc1nc2ccccc2n1-c1ccc(C#N)c2ccccc12)C(=O)Oc1oc(=O)oc1C. The Hall–Kier alpha value is -4.29. The Labute approximate surface area is 210 Å². The van der Waals surface area contributed by atoms with E-state index in [-0.39, 0.29) is 11.7 Å². The van der Waals surface area contributed by atoms with E-state index in [9.17, 15) is 14.9 Å². The summed E-state index contributed by atoms with van der Waals surface area (Å²) in [6, 6.07) is 21.3. The smallest absolute Gasteiger partial charge is 0.392 e. The molecule has 0 spiro atoms. The molecule has 1 unspecified atom stereocenters. The predicted octanol–water partition coefficient (Wildman–Crippen LogP) is 5.77. The van der Waals surface area contributed by atoms with Crippen LogP contribution in [0.2, 0.25) is 0 Å². The molecule has 8 nitrogen and oxygen atoms in total. The lowest BCUT2D eigenvalue weighted by Gasteiger charge is -2.24. The van der Waals surface area contributed by atoms with E-state index >= 15 is 0 Å². The van der Waals surface area contributed by atoms with Crippen molar-refractivity contribution in [1.82, 2.24) is 9.55 Å². The van der Waals surface area contributed by atoms with Crippen molar-refractivity contribution in [2.75, 3.05) is 0 Å². The highest BCUT2D eigenvalue weighted by Gasteiger charge is 2.38. The van der Waals surface area contributed by atoms with E-state index in [1.807, 2.05) is 66.1 Å². The van der Waals surface area contributed by atoms with Gasteiger partial charge >= 0.3 is 17.7 Å². The largest absolute Gasteiger partial charge is 0.521 e. The number of ether oxygens (including phenoxy) is 1. The molecule has 0 aliphatic heterocycles. The molecule has 0 aliphatic rings. The molecule has 0 aliphatic carbocycles. The summed E-state index contributed by atoms with van der Waals surface area (Å²) in [6.07, 6.45) is 0.412. The molecule has 0 saturated carbocycles. The number of para-hydroxylation sites is 2. The number of aromatic nitrogens is 2. The number of carbonyl (C=O) groups excluding carboxylic acids is 1. The fraction of sp³-hybridized carbons (Fsp3) is 0.185. The lowest BCUT2D eigenvalue weighted by Crippen LogP contribution is -2.35. The topological polar surface area (TPSA) is 111 Å². The number of nitrogens with zero attached hydrogens (tertiary/aromatic N) is 3. The summed E-state index contributed by atoms with van der Waals surface area (Å²) >= 11 is 1.26. The Bertz CT molecular complexity index is 1730. The maximum Gasteiger partial charge on any atom is 0.521 e. The minimum atomic E-state index is -1.07. The van der Waals surface area contributed by atoms with Crippen LogP contribution in [0.4, 0.5) is 0 Å². The molecule has 2 heterocycles. The van der Waals surface area contributed by atoms with E-state index < -0.39 is 16.5 Å². The minimum absolute atomic E-state index is 0.0908. The number of rotatable bonds is 6. The normalized spacial score (nSPS) is 12.9. The molecule has 9 heteroatoms. The molecule has 1 atom stereocenters. The molecule has 0 bridgehead atoms. The third-order valence-corrected chi connectivity index (χ3v) is 7.46. The number of esters is 1. The van der Waals surface area contributed by atoms with Gasteiger partial charge in [-0.15, -0.1) is 0 Å².